The van der Waals surface area contributed by atoms with Gasteiger partial charge in [-0.25, -0.2) is 4.99 Å². The number of rotatable bonds is 4. The van der Waals surface area contributed by atoms with Crippen LogP contribution in [0, 0.1) is 6.92 Å². The van der Waals surface area contributed by atoms with Gasteiger partial charge in [-0.3, -0.25) is 0 Å². The minimum Gasteiger partial charge on any atom is -0.370 e. The van der Waals surface area contributed by atoms with Crippen LogP contribution in [0.15, 0.2) is 41.9 Å². The van der Waals surface area contributed by atoms with Crippen molar-refractivity contribution in [1.29, 1.82) is 0 Å². The fourth-order valence-corrected chi connectivity index (χ4v) is 1.22. The smallest absolute Gasteiger partial charge is 0.189 e. The Hall–Kier alpha value is -1.77. The predicted molar refractivity (Wildman–Crippen MR) is 64.7 cm³/mol. The molecule has 0 aliphatic carbocycles. The zero-order valence-electron chi connectivity index (χ0n) is 9.03. The van der Waals surface area contributed by atoms with Crippen molar-refractivity contribution in [3.8, 4) is 0 Å². The number of nitrogens with zero attached hydrogens (tertiary/aromatic N) is 1. The van der Waals surface area contributed by atoms with Crippen LogP contribution in [-0.4, -0.2) is 12.5 Å². The summed E-state index contributed by atoms with van der Waals surface area (Å²) >= 11 is 0. The Labute approximate surface area is 90.7 Å². The lowest BCUT2D eigenvalue weighted by atomic mass is 10.1. The van der Waals surface area contributed by atoms with Crippen molar-refractivity contribution in [2.75, 3.05) is 6.54 Å². The monoisotopic (exact) mass is 203 g/mol. The molecule has 1 aromatic rings. The van der Waals surface area contributed by atoms with Gasteiger partial charge in [0, 0.05) is 6.54 Å². The van der Waals surface area contributed by atoms with E-state index in [0.29, 0.717) is 19.0 Å². The van der Waals surface area contributed by atoms with Crippen molar-refractivity contribution < 1.29 is 0 Å². The molecular weight excluding hydrogens is 186 g/mol. The summed E-state index contributed by atoms with van der Waals surface area (Å²) in [5.74, 6) is 0.455. The summed E-state index contributed by atoms with van der Waals surface area (Å²) in [6.07, 6.45) is 1.75. The highest BCUT2D eigenvalue weighted by atomic mass is 15.1. The summed E-state index contributed by atoms with van der Waals surface area (Å²) in [6.45, 7) is 6.90. The van der Waals surface area contributed by atoms with Gasteiger partial charge in [-0.2, -0.15) is 0 Å². The van der Waals surface area contributed by atoms with Crippen molar-refractivity contribution in [2.45, 2.75) is 13.5 Å². The molecule has 80 valence electrons. The lowest BCUT2D eigenvalue weighted by molar-refractivity contribution is 0.969. The first-order chi connectivity index (χ1) is 7.22. The Kier molecular flexibility index (Phi) is 4.41. The van der Waals surface area contributed by atoms with Crippen molar-refractivity contribution in [1.82, 2.24) is 5.32 Å². The van der Waals surface area contributed by atoms with Crippen LogP contribution in [0.3, 0.4) is 0 Å². The maximum absolute atomic E-state index is 5.64. The molecule has 0 heterocycles. The van der Waals surface area contributed by atoms with Crippen LogP contribution in [-0.2, 0) is 6.54 Å². The minimum atomic E-state index is 0.455. The normalized spacial score (nSPS) is 11.1. The van der Waals surface area contributed by atoms with E-state index in [2.05, 4.69) is 35.9 Å². The molecule has 0 atom stereocenters. The second-order valence-corrected chi connectivity index (χ2v) is 3.36. The molecule has 0 aliphatic rings. The van der Waals surface area contributed by atoms with Gasteiger partial charge < -0.3 is 11.1 Å². The predicted octanol–water partition coefficient (Wildman–Crippen LogP) is 1.59. The molecule has 0 fully saturated rings. The summed E-state index contributed by atoms with van der Waals surface area (Å²) < 4.78 is 0. The maximum Gasteiger partial charge on any atom is 0.189 e. The largest absolute Gasteiger partial charge is 0.370 e. The summed E-state index contributed by atoms with van der Waals surface area (Å²) in [5.41, 5.74) is 8.04. The molecule has 0 bridgehead atoms. The van der Waals surface area contributed by atoms with Gasteiger partial charge in [0.25, 0.3) is 0 Å². The van der Waals surface area contributed by atoms with Gasteiger partial charge in [0.05, 0.1) is 6.54 Å². The van der Waals surface area contributed by atoms with Gasteiger partial charge in [0.15, 0.2) is 5.96 Å². The first-order valence-electron chi connectivity index (χ1n) is 4.92. The summed E-state index contributed by atoms with van der Waals surface area (Å²) in [7, 11) is 0. The average Bonchev–Trinajstić information content (AvgIpc) is 2.23. The highest BCUT2D eigenvalue weighted by molar-refractivity contribution is 5.77. The van der Waals surface area contributed by atoms with Crippen LogP contribution in [0.2, 0.25) is 0 Å². The molecular formula is C12H17N3. The van der Waals surface area contributed by atoms with Gasteiger partial charge in [0.2, 0.25) is 0 Å². The van der Waals surface area contributed by atoms with Crippen LogP contribution in [0.5, 0.6) is 0 Å². The van der Waals surface area contributed by atoms with E-state index in [0.717, 1.165) is 0 Å². The second kappa shape index (κ2) is 5.86. The van der Waals surface area contributed by atoms with Crippen molar-refractivity contribution in [3.05, 3.63) is 48.0 Å². The molecule has 0 aromatic heterocycles. The molecule has 0 unspecified atom stereocenters. The van der Waals surface area contributed by atoms with E-state index >= 15 is 0 Å². The molecule has 1 aromatic carbocycles. The third-order valence-corrected chi connectivity index (χ3v) is 1.94. The van der Waals surface area contributed by atoms with Crippen LogP contribution < -0.4 is 11.1 Å². The molecule has 0 radical (unpaired) electrons. The third kappa shape index (κ3) is 4.31. The molecule has 0 spiro atoms. The van der Waals surface area contributed by atoms with E-state index in [1.54, 1.807) is 6.08 Å². The Morgan fingerprint density at radius 3 is 3.07 bits per heavy atom. The molecule has 3 heteroatoms. The quantitative estimate of drug-likeness (QED) is 0.443. The molecule has 0 saturated heterocycles. The number of hydrogen-bond acceptors (Lipinski definition) is 1. The standard InChI is InChI=1S/C12H17N3/c1-3-7-14-12(13)15-9-11-6-4-5-10(2)8-11/h3-6,8H,1,7,9H2,2H3,(H3,13,14,15). The Balaban J connectivity index is 2.51. The molecule has 3 nitrogen and oxygen atoms in total. The molecule has 3 N–H and O–H groups in total. The van der Waals surface area contributed by atoms with E-state index in [4.69, 9.17) is 5.73 Å². The van der Waals surface area contributed by atoms with Crippen molar-refractivity contribution in [3.63, 3.8) is 0 Å². The average molecular weight is 203 g/mol. The zero-order chi connectivity index (χ0) is 11.1. The summed E-state index contributed by atoms with van der Waals surface area (Å²) in [5, 5.41) is 2.93. The molecule has 0 aliphatic heterocycles. The number of guanidine groups is 1. The van der Waals surface area contributed by atoms with Gasteiger partial charge in [-0.1, -0.05) is 35.9 Å². The number of nitrogens with two attached hydrogens (primary N) is 1. The lowest BCUT2D eigenvalue weighted by Crippen LogP contribution is -2.31. The molecule has 15 heavy (non-hydrogen) atoms. The van der Waals surface area contributed by atoms with E-state index in [1.807, 2.05) is 12.1 Å². The van der Waals surface area contributed by atoms with Gasteiger partial charge in [-0.05, 0) is 12.5 Å². The number of benzene rings is 1. The van der Waals surface area contributed by atoms with E-state index < -0.39 is 0 Å². The lowest BCUT2D eigenvalue weighted by Gasteiger charge is -2.02. The Morgan fingerprint density at radius 1 is 1.60 bits per heavy atom. The van der Waals surface area contributed by atoms with Crippen LogP contribution in [0.4, 0.5) is 0 Å². The molecule has 0 saturated carbocycles. The fourth-order valence-electron chi connectivity index (χ4n) is 1.22. The highest BCUT2D eigenvalue weighted by Gasteiger charge is 1.92. The Morgan fingerprint density at radius 2 is 2.40 bits per heavy atom. The van der Waals surface area contributed by atoms with Crippen LogP contribution >= 0.6 is 0 Å². The molecule has 1 rings (SSSR count). The van der Waals surface area contributed by atoms with Crippen LogP contribution in [0.25, 0.3) is 0 Å². The number of aryl methyl sites for hydroxylation is 1. The van der Waals surface area contributed by atoms with Crippen molar-refractivity contribution >= 4 is 5.96 Å². The summed E-state index contributed by atoms with van der Waals surface area (Å²) in [6, 6.07) is 8.22. The number of nitrogens with one attached hydrogen (secondary N) is 1. The zero-order valence-corrected chi connectivity index (χ0v) is 9.03. The van der Waals surface area contributed by atoms with Gasteiger partial charge >= 0.3 is 0 Å². The number of hydrogen-bond donors (Lipinski definition) is 2. The first-order valence-corrected chi connectivity index (χ1v) is 4.92. The van der Waals surface area contributed by atoms with Gasteiger partial charge in [-0.15, -0.1) is 6.58 Å². The van der Waals surface area contributed by atoms with Crippen molar-refractivity contribution in [2.24, 2.45) is 10.7 Å². The maximum atomic E-state index is 5.64. The van der Waals surface area contributed by atoms with Gasteiger partial charge in [0.1, 0.15) is 0 Å². The topological polar surface area (TPSA) is 50.4 Å². The minimum absolute atomic E-state index is 0.455. The highest BCUT2D eigenvalue weighted by Crippen LogP contribution is 2.04. The fraction of sp³-hybridized carbons (Fsp3) is 0.250. The summed E-state index contributed by atoms with van der Waals surface area (Å²) in [4.78, 5) is 4.21. The SMILES string of the molecule is C=CCNC(N)=NCc1cccc(C)c1. The van der Waals surface area contributed by atoms with E-state index in [9.17, 15) is 0 Å². The third-order valence-electron chi connectivity index (χ3n) is 1.94. The number of aliphatic imine (C=N–C) groups is 1. The van der Waals surface area contributed by atoms with E-state index in [-0.39, 0.29) is 0 Å². The Bertz CT molecular complexity index is 356. The van der Waals surface area contributed by atoms with Crippen LogP contribution in [0.1, 0.15) is 11.1 Å². The molecule has 0 amide bonds. The second-order valence-electron chi connectivity index (χ2n) is 3.36. The van der Waals surface area contributed by atoms with E-state index in [1.165, 1.54) is 11.1 Å². The first kappa shape index (κ1) is 11.3.